The van der Waals surface area contributed by atoms with Gasteiger partial charge in [-0.15, -0.1) is 0 Å². The number of carbonyl (C=O) groups excluding carboxylic acids is 2. The van der Waals surface area contributed by atoms with Crippen LogP contribution in [0.5, 0.6) is 0 Å². The predicted molar refractivity (Wildman–Crippen MR) is 96.9 cm³/mol. The van der Waals surface area contributed by atoms with E-state index in [1.165, 1.54) is 12.3 Å². The van der Waals surface area contributed by atoms with Crippen LogP contribution in [-0.2, 0) is 0 Å². The van der Waals surface area contributed by atoms with Crippen LogP contribution in [0, 0.1) is 19.7 Å². The van der Waals surface area contributed by atoms with Crippen molar-refractivity contribution in [3.05, 3.63) is 83.1 Å². The third-order valence-electron chi connectivity index (χ3n) is 3.92. The van der Waals surface area contributed by atoms with Crippen molar-refractivity contribution < 1.29 is 18.4 Å². The van der Waals surface area contributed by atoms with Crippen LogP contribution in [0.4, 0.5) is 15.8 Å². The second-order valence-electron chi connectivity index (χ2n) is 5.88. The van der Waals surface area contributed by atoms with Crippen molar-refractivity contribution in [2.75, 3.05) is 10.6 Å². The molecule has 0 saturated heterocycles. The van der Waals surface area contributed by atoms with E-state index in [4.69, 9.17) is 4.42 Å². The number of hydrogen-bond acceptors (Lipinski definition) is 3. The smallest absolute Gasteiger partial charge is 0.291 e. The Bertz CT molecular complexity index is 965. The third kappa shape index (κ3) is 3.80. The van der Waals surface area contributed by atoms with E-state index in [2.05, 4.69) is 10.6 Å². The molecule has 0 aliphatic heterocycles. The Morgan fingerprint density at radius 3 is 2.38 bits per heavy atom. The lowest BCUT2D eigenvalue weighted by Crippen LogP contribution is -2.15. The van der Waals surface area contributed by atoms with E-state index < -0.39 is 17.6 Å². The van der Waals surface area contributed by atoms with Gasteiger partial charge in [-0.1, -0.05) is 12.1 Å². The summed E-state index contributed by atoms with van der Waals surface area (Å²) < 4.78 is 18.7. The van der Waals surface area contributed by atoms with Crippen molar-refractivity contribution in [2.45, 2.75) is 13.8 Å². The van der Waals surface area contributed by atoms with Gasteiger partial charge >= 0.3 is 0 Å². The number of anilines is 2. The van der Waals surface area contributed by atoms with Crippen molar-refractivity contribution in [3.8, 4) is 0 Å². The average molecular weight is 352 g/mol. The molecule has 3 rings (SSSR count). The van der Waals surface area contributed by atoms with Crippen molar-refractivity contribution >= 4 is 23.2 Å². The molecule has 26 heavy (non-hydrogen) atoms. The summed E-state index contributed by atoms with van der Waals surface area (Å²) in [7, 11) is 0. The Labute approximate surface area is 149 Å². The monoisotopic (exact) mass is 352 g/mol. The molecule has 5 nitrogen and oxygen atoms in total. The molecule has 0 spiro atoms. The highest BCUT2D eigenvalue weighted by Gasteiger charge is 2.13. The number of amides is 2. The first-order valence-electron chi connectivity index (χ1n) is 7.97. The minimum atomic E-state index is -0.406. The first kappa shape index (κ1) is 17.4. The molecular formula is C20H17FN2O3. The van der Waals surface area contributed by atoms with E-state index in [1.807, 2.05) is 6.92 Å². The largest absolute Gasteiger partial charge is 0.459 e. The molecule has 6 heteroatoms. The van der Waals surface area contributed by atoms with Crippen LogP contribution >= 0.6 is 0 Å². The second kappa shape index (κ2) is 7.23. The van der Waals surface area contributed by atoms with E-state index in [1.54, 1.807) is 49.4 Å². The lowest BCUT2D eigenvalue weighted by Gasteiger charge is -2.11. The topological polar surface area (TPSA) is 71.3 Å². The summed E-state index contributed by atoms with van der Waals surface area (Å²) in [6.07, 6.45) is 1.41. The molecule has 0 atom stereocenters. The number of aryl methyl sites for hydroxylation is 2. The molecule has 0 aliphatic carbocycles. The van der Waals surface area contributed by atoms with Crippen molar-refractivity contribution in [2.24, 2.45) is 0 Å². The van der Waals surface area contributed by atoms with Gasteiger partial charge in [0.2, 0.25) is 0 Å². The molecule has 2 amide bonds. The predicted octanol–water partition coefficient (Wildman–Crippen LogP) is 4.54. The van der Waals surface area contributed by atoms with Gasteiger partial charge in [-0.05, 0) is 61.4 Å². The number of halogens is 1. The Morgan fingerprint density at radius 1 is 0.923 bits per heavy atom. The standard InChI is InChI=1S/C20H17FN2O3/c1-12-6-8-15(11-16(12)21)22-19(24)14-7-5-13(2)17(10-14)23-20(25)18-4-3-9-26-18/h3-11H,1-2H3,(H,22,24)(H,23,25). The minimum absolute atomic E-state index is 0.175. The van der Waals surface area contributed by atoms with Gasteiger partial charge in [0.25, 0.3) is 11.8 Å². The first-order chi connectivity index (χ1) is 12.4. The number of rotatable bonds is 4. The van der Waals surface area contributed by atoms with Crippen molar-refractivity contribution in [1.29, 1.82) is 0 Å². The summed E-state index contributed by atoms with van der Waals surface area (Å²) in [6.45, 7) is 3.46. The molecule has 2 N–H and O–H groups in total. The number of nitrogens with one attached hydrogen (secondary N) is 2. The molecule has 0 saturated carbocycles. The van der Waals surface area contributed by atoms with Crippen LogP contribution in [0.1, 0.15) is 32.0 Å². The summed E-state index contributed by atoms with van der Waals surface area (Å²) in [5.74, 6) is -1.02. The maximum absolute atomic E-state index is 13.6. The molecule has 0 radical (unpaired) electrons. The fraction of sp³-hybridized carbons (Fsp3) is 0.100. The fourth-order valence-electron chi connectivity index (χ4n) is 2.36. The van der Waals surface area contributed by atoms with Gasteiger partial charge in [0.1, 0.15) is 5.82 Å². The summed E-state index contributed by atoms with van der Waals surface area (Å²) in [4.78, 5) is 24.5. The van der Waals surface area contributed by atoms with E-state index in [9.17, 15) is 14.0 Å². The first-order valence-corrected chi connectivity index (χ1v) is 7.97. The van der Waals surface area contributed by atoms with Crippen molar-refractivity contribution in [1.82, 2.24) is 0 Å². The molecule has 1 heterocycles. The fourth-order valence-corrected chi connectivity index (χ4v) is 2.36. The zero-order chi connectivity index (χ0) is 18.7. The highest BCUT2D eigenvalue weighted by Crippen LogP contribution is 2.20. The lowest BCUT2D eigenvalue weighted by molar-refractivity contribution is 0.0993. The minimum Gasteiger partial charge on any atom is -0.459 e. The van der Waals surface area contributed by atoms with Gasteiger partial charge in [0, 0.05) is 16.9 Å². The van der Waals surface area contributed by atoms with E-state index in [0.717, 1.165) is 5.56 Å². The molecule has 0 fully saturated rings. The molecular weight excluding hydrogens is 335 g/mol. The highest BCUT2D eigenvalue weighted by molar-refractivity contribution is 6.07. The SMILES string of the molecule is Cc1ccc(NC(=O)c2ccc(C)c(NC(=O)c3ccco3)c2)cc1F. The molecule has 3 aromatic rings. The Hall–Kier alpha value is -3.41. The Balaban J connectivity index is 1.78. The number of carbonyl (C=O) groups is 2. The van der Waals surface area contributed by atoms with E-state index >= 15 is 0 Å². The second-order valence-corrected chi connectivity index (χ2v) is 5.88. The maximum Gasteiger partial charge on any atom is 0.291 e. The van der Waals surface area contributed by atoms with Crippen LogP contribution in [0.3, 0.4) is 0 Å². The third-order valence-corrected chi connectivity index (χ3v) is 3.92. The van der Waals surface area contributed by atoms with Crippen molar-refractivity contribution in [3.63, 3.8) is 0 Å². The number of benzene rings is 2. The Morgan fingerprint density at radius 2 is 1.69 bits per heavy atom. The summed E-state index contributed by atoms with van der Waals surface area (Å²) >= 11 is 0. The van der Waals surface area contributed by atoms with Crippen LogP contribution in [-0.4, -0.2) is 11.8 Å². The number of furan rings is 1. The molecule has 2 aromatic carbocycles. The van der Waals surface area contributed by atoms with Gasteiger partial charge in [-0.3, -0.25) is 9.59 Å². The van der Waals surface area contributed by atoms with Crippen LogP contribution in [0.2, 0.25) is 0 Å². The zero-order valence-corrected chi connectivity index (χ0v) is 14.3. The highest BCUT2D eigenvalue weighted by atomic mass is 19.1. The molecule has 0 bridgehead atoms. The van der Waals surface area contributed by atoms with E-state index in [-0.39, 0.29) is 5.76 Å². The lowest BCUT2D eigenvalue weighted by atomic mass is 10.1. The molecule has 132 valence electrons. The number of hydrogen-bond donors (Lipinski definition) is 2. The van der Waals surface area contributed by atoms with Crippen LogP contribution in [0.15, 0.2) is 59.2 Å². The van der Waals surface area contributed by atoms with Gasteiger partial charge in [-0.25, -0.2) is 4.39 Å². The maximum atomic E-state index is 13.6. The zero-order valence-electron chi connectivity index (χ0n) is 14.3. The van der Waals surface area contributed by atoms with Gasteiger partial charge in [0.15, 0.2) is 5.76 Å². The Kier molecular flexibility index (Phi) is 4.84. The van der Waals surface area contributed by atoms with Gasteiger partial charge < -0.3 is 15.1 Å². The van der Waals surface area contributed by atoms with Gasteiger partial charge in [0.05, 0.1) is 6.26 Å². The normalized spacial score (nSPS) is 10.4. The quantitative estimate of drug-likeness (QED) is 0.724. The molecule has 0 unspecified atom stereocenters. The average Bonchev–Trinajstić information content (AvgIpc) is 3.15. The molecule has 0 aliphatic rings. The van der Waals surface area contributed by atoms with Gasteiger partial charge in [-0.2, -0.15) is 0 Å². The van der Waals surface area contributed by atoms with Crippen LogP contribution < -0.4 is 10.6 Å². The summed E-state index contributed by atoms with van der Waals surface area (Å²) in [5.41, 5.74) is 2.49. The van der Waals surface area contributed by atoms with E-state index in [0.29, 0.717) is 22.5 Å². The summed E-state index contributed by atoms with van der Waals surface area (Å²) in [5, 5.41) is 5.36. The summed E-state index contributed by atoms with van der Waals surface area (Å²) in [6, 6.07) is 12.6. The van der Waals surface area contributed by atoms with Crippen LogP contribution in [0.25, 0.3) is 0 Å². The molecule has 1 aromatic heterocycles.